The number of allylic oxidation sites excluding steroid dienone is 1. The summed E-state index contributed by atoms with van der Waals surface area (Å²) in [6.07, 6.45) is 2.31. The Hall–Kier alpha value is -3.00. The number of halogens is 1. The topological polar surface area (TPSA) is 65.8 Å². The first-order valence-electron chi connectivity index (χ1n) is 8.51. The van der Waals surface area contributed by atoms with Crippen LogP contribution < -0.4 is 5.32 Å². The summed E-state index contributed by atoms with van der Waals surface area (Å²) in [5, 5.41) is 12.3. The first-order chi connectivity index (χ1) is 12.4. The number of carbonyl (C=O) groups is 1. The highest BCUT2D eigenvalue weighted by atomic mass is 19.1. The monoisotopic (exact) mass is 351 g/mol. The Morgan fingerprint density at radius 1 is 1.31 bits per heavy atom. The predicted octanol–water partition coefficient (Wildman–Crippen LogP) is 4.39. The maximum Gasteiger partial charge on any atom is 0.247 e. The number of nitrogens with one attached hydrogen (secondary N) is 1. The number of benzene rings is 1. The summed E-state index contributed by atoms with van der Waals surface area (Å²) in [6, 6.07) is 8.62. The fourth-order valence-electron chi connectivity index (χ4n) is 2.75. The SMILES string of the molecule is CCCNC(=O)/C(C)=C(\C)c1cc(C#N)cc(-c2ccc(F)nc2)c1C. The van der Waals surface area contributed by atoms with Gasteiger partial charge in [-0.3, -0.25) is 4.79 Å². The molecule has 1 amide bonds. The van der Waals surface area contributed by atoms with Gasteiger partial charge in [0.15, 0.2) is 0 Å². The van der Waals surface area contributed by atoms with Gasteiger partial charge >= 0.3 is 0 Å². The van der Waals surface area contributed by atoms with Gasteiger partial charge in [-0.1, -0.05) is 6.92 Å². The Balaban J connectivity index is 2.59. The molecule has 2 aromatic rings. The van der Waals surface area contributed by atoms with Gasteiger partial charge in [0.05, 0.1) is 11.6 Å². The van der Waals surface area contributed by atoms with Crippen LogP contribution in [0.15, 0.2) is 36.0 Å². The van der Waals surface area contributed by atoms with Gasteiger partial charge in [-0.15, -0.1) is 0 Å². The van der Waals surface area contributed by atoms with Gasteiger partial charge in [0.25, 0.3) is 0 Å². The number of amides is 1. The molecule has 2 rings (SSSR count). The van der Waals surface area contributed by atoms with Crippen molar-refractivity contribution in [1.29, 1.82) is 5.26 Å². The molecule has 0 aliphatic rings. The second-order valence-electron chi connectivity index (χ2n) is 6.18. The number of carbonyl (C=O) groups excluding carboxylic acids is 1. The van der Waals surface area contributed by atoms with E-state index in [2.05, 4.69) is 16.4 Å². The quantitative estimate of drug-likeness (QED) is 0.642. The number of hydrogen-bond donors (Lipinski definition) is 1. The standard InChI is InChI=1S/C21H22FN3O/c1-5-8-24-21(26)14(3)13(2)18-9-16(11-23)10-19(15(18)4)17-6-7-20(22)25-12-17/h6-7,9-10,12H,5,8H2,1-4H3,(H,24,26)/b14-13+. The highest BCUT2D eigenvalue weighted by Crippen LogP contribution is 2.32. The molecule has 4 nitrogen and oxygen atoms in total. The minimum absolute atomic E-state index is 0.115. The lowest BCUT2D eigenvalue weighted by Crippen LogP contribution is -2.25. The van der Waals surface area contributed by atoms with E-state index in [9.17, 15) is 14.4 Å². The molecule has 1 aromatic carbocycles. The molecule has 1 heterocycles. The summed E-state index contributed by atoms with van der Waals surface area (Å²) in [6.45, 7) is 8.19. The van der Waals surface area contributed by atoms with E-state index < -0.39 is 5.95 Å². The van der Waals surface area contributed by atoms with Crippen LogP contribution in [0.4, 0.5) is 4.39 Å². The van der Waals surface area contributed by atoms with Crippen LogP contribution in [0.1, 0.15) is 43.9 Å². The molecule has 0 aliphatic heterocycles. The van der Waals surface area contributed by atoms with Crippen LogP contribution in [-0.2, 0) is 4.79 Å². The summed E-state index contributed by atoms with van der Waals surface area (Å²) >= 11 is 0. The molecule has 0 unspecified atom stereocenters. The Kier molecular flexibility index (Phi) is 6.24. The van der Waals surface area contributed by atoms with Crippen molar-refractivity contribution >= 4 is 11.5 Å². The molecule has 134 valence electrons. The van der Waals surface area contributed by atoms with Crippen molar-refractivity contribution in [2.75, 3.05) is 6.54 Å². The van der Waals surface area contributed by atoms with Gasteiger partial charge in [-0.05, 0) is 73.7 Å². The van der Waals surface area contributed by atoms with E-state index in [-0.39, 0.29) is 5.91 Å². The van der Waals surface area contributed by atoms with Crippen molar-refractivity contribution in [3.05, 3.63) is 58.7 Å². The van der Waals surface area contributed by atoms with E-state index in [1.165, 1.54) is 12.3 Å². The normalized spacial score (nSPS) is 11.5. The molecule has 0 fully saturated rings. The van der Waals surface area contributed by atoms with E-state index >= 15 is 0 Å². The first kappa shape index (κ1) is 19.3. The van der Waals surface area contributed by atoms with Gasteiger partial charge in [0.2, 0.25) is 11.9 Å². The lowest BCUT2D eigenvalue weighted by atomic mass is 9.90. The number of rotatable bonds is 5. The largest absolute Gasteiger partial charge is 0.352 e. The van der Waals surface area contributed by atoms with E-state index in [4.69, 9.17) is 0 Å². The van der Waals surface area contributed by atoms with Gasteiger partial charge in [0, 0.05) is 23.9 Å². The third-order valence-corrected chi connectivity index (χ3v) is 4.42. The van der Waals surface area contributed by atoms with E-state index in [0.29, 0.717) is 17.7 Å². The van der Waals surface area contributed by atoms with Crippen molar-refractivity contribution in [1.82, 2.24) is 10.3 Å². The molecule has 1 aromatic heterocycles. The van der Waals surface area contributed by atoms with Crippen molar-refractivity contribution in [3.8, 4) is 17.2 Å². The molecular weight excluding hydrogens is 329 g/mol. The molecule has 0 bridgehead atoms. The number of nitriles is 1. The van der Waals surface area contributed by atoms with E-state index in [1.807, 2.05) is 20.8 Å². The second-order valence-corrected chi connectivity index (χ2v) is 6.18. The zero-order valence-electron chi connectivity index (χ0n) is 15.5. The van der Waals surface area contributed by atoms with Crippen molar-refractivity contribution in [2.24, 2.45) is 0 Å². The molecule has 0 radical (unpaired) electrons. The average Bonchev–Trinajstić information content (AvgIpc) is 2.65. The van der Waals surface area contributed by atoms with Crippen molar-refractivity contribution in [2.45, 2.75) is 34.1 Å². The molecule has 0 saturated carbocycles. The van der Waals surface area contributed by atoms with E-state index in [0.717, 1.165) is 34.2 Å². The van der Waals surface area contributed by atoms with Crippen LogP contribution in [0, 0.1) is 24.2 Å². The minimum atomic E-state index is -0.553. The average molecular weight is 351 g/mol. The van der Waals surface area contributed by atoms with Crippen LogP contribution in [0.25, 0.3) is 16.7 Å². The lowest BCUT2D eigenvalue weighted by molar-refractivity contribution is -0.117. The van der Waals surface area contributed by atoms with Gasteiger partial charge in [-0.25, -0.2) is 4.98 Å². The number of hydrogen-bond acceptors (Lipinski definition) is 3. The Morgan fingerprint density at radius 3 is 2.62 bits per heavy atom. The third-order valence-electron chi connectivity index (χ3n) is 4.42. The minimum Gasteiger partial charge on any atom is -0.352 e. The molecule has 5 heteroatoms. The summed E-state index contributed by atoms with van der Waals surface area (Å²) < 4.78 is 13.1. The maximum absolute atomic E-state index is 13.1. The Morgan fingerprint density at radius 2 is 2.04 bits per heavy atom. The van der Waals surface area contributed by atoms with Gasteiger partial charge in [0.1, 0.15) is 0 Å². The summed E-state index contributed by atoms with van der Waals surface area (Å²) in [7, 11) is 0. The highest BCUT2D eigenvalue weighted by Gasteiger charge is 2.15. The molecule has 0 atom stereocenters. The third kappa shape index (κ3) is 4.15. The van der Waals surface area contributed by atoms with Crippen LogP contribution in [0.5, 0.6) is 0 Å². The zero-order chi connectivity index (χ0) is 19.3. The van der Waals surface area contributed by atoms with Crippen LogP contribution >= 0.6 is 0 Å². The van der Waals surface area contributed by atoms with Crippen LogP contribution in [0.3, 0.4) is 0 Å². The Bertz CT molecular complexity index is 893. The summed E-state index contributed by atoms with van der Waals surface area (Å²) in [5.74, 6) is -0.668. The molecule has 26 heavy (non-hydrogen) atoms. The number of pyridine rings is 1. The zero-order valence-corrected chi connectivity index (χ0v) is 15.5. The molecule has 1 N–H and O–H groups in total. The van der Waals surface area contributed by atoms with Gasteiger partial charge in [-0.2, -0.15) is 9.65 Å². The van der Waals surface area contributed by atoms with Crippen LogP contribution in [-0.4, -0.2) is 17.4 Å². The number of nitrogens with zero attached hydrogens (tertiary/aromatic N) is 2. The molecule has 0 saturated heterocycles. The fraction of sp³-hybridized carbons (Fsp3) is 0.286. The molecular formula is C21H22FN3O. The predicted molar refractivity (Wildman–Crippen MR) is 101 cm³/mol. The summed E-state index contributed by atoms with van der Waals surface area (Å²) in [4.78, 5) is 16.0. The van der Waals surface area contributed by atoms with Gasteiger partial charge < -0.3 is 5.32 Å². The molecule has 0 spiro atoms. The first-order valence-corrected chi connectivity index (χ1v) is 8.51. The van der Waals surface area contributed by atoms with Crippen LogP contribution in [0.2, 0.25) is 0 Å². The smallest absolute Gasteiger partial charge is 0.247 e. The van der Waals surface area contributed by atoms with Crippen molar-refractivity contribution < 1.29 is 9.18 Å². The molecule has 0 aliphatic carbocycles. The summed E-state index contributed by atoms with van der Waals surface area (Å²) in [5.41, 5.74) is 5.16. The van der Waals surface area contributed by atoms with E-state index in [1.54, 1.807) is 25.1 Å². The lowest BCUT2D eigenvalue weighted by Gasteiger charge is -2.15. The number of aromatic nitrogens is 1. The second kappa shape index (κ2) is 8.39. The Labute approximate surface area is 153 Å². The van der Waals surface area contributed by atoms with Crippen molar-refractivity contribution in [3.63, 3.8) is 0 Å². The maximum atomic E-state index is 13.1. The highest BCUT2D eigenvalue weighted by molar-refractivity contribution is 6.01. The fourth-order valence-corrected chi connectivity index (χ4v) is 2.75.